The highest BCUT2D eigenvalue weighted by molar-refractivity contribution is 5.81. The molecule has 1 heterocycles. The summed E-state index contributed by atoms with van der Waals surface area (Å²) in [6, 6.07) is 0.489. The Hall–Kier alpha value is -0.650. The highest BCUT2D eigenvalue weighted by atomic mass is 16.5. The first kappa shape index (κ1) is 16.7. The van der Waals surface area contributed by atoms with E-state index in [4.69, 9.17) is 9.47 Å². The minimum atomic E-state index is -0.470. The van der Waals surface area contributed by atoms with Crippen molar-refractivity contribution in [3.63, 3.8) is 0 Å². The van der Waals surface area contributed by atoms with Crippen LogP contribution in [0.15, 0.2) is 0 Å². The lowest BCUT2D eigenvalue weighted by atomic mass is 9.94. The molecule has 5 heteroatoms. The van der Waals surface area contributed by atoms with E-state index in [0.717, 1.165) is 45.5 Å². The van der Waals surface area contributed by atoms with Gasteiger partial charge in [0, 0.05) is 19.7 Å². The number of methoxy groups -OCH3 is 2. The maximum absolute atomic E-state index is 12.2. The molecule has 2 aliphatic rings. The Morgan fingerprint density at radius 2 is 2.19 bits per heavy atom. The number of rotatable bonds is 6. The Labute approximate surface area is 128 Å². The summed E-state index contributed by atoms with van der Waals surface area (Å²) in [7, 11) is 3.27. The summed E-state index contributed by atoms with van der Waals surface area (Å²) in [5.41, 5.74) is -0.470. The summed E-state index contributed by atoms with van der Waals surface area (Å²) >= 11 is 0. The summed E-state index contributed by atoms with van der Waals surface area (Å²) in [6.07, 6.45) is 5.31. The predicted octanol–water partition coefficient (Wildman–Crippen LogP) is 1.42. The number of likely N-dealkylation sites (tertiary alicyclic amines) is 1. The highest BCUT2D eigenvalue weighted by Crippen LogP contribution is 2.36. The molecule has 1 saturated heterocycles. The van der Waals surface area contributed by atoms with Crippen molar-refractivity contribution in [1.29, 1.82) is 0 Å². The van der Waals surface area contributed by atoms with Gasteiger partial charge in [-0.1, -0.05) is 6.92 Å². The largest absolute Gasteiger partial charge is 0.468 e. The van der Waals surface area contributed by atoms with E-state index in [0.29, 0.717) is 12.0 Å². The van der Waals surface area contributed by atoms with Crippen LogP contribution in [-0.4, -0.2) is 62.9 Å². The van der Waals surface area contributed by atoms with Gasteiger partial charge in [-0.25, -0.2) is 0 Å². The molecular weight excluding hydrogens is 268 g/mol. The van der Waals surface area contributed by atoms with E-state index in [1.165, 1.54) is 20.0 Å². The van der Waals surface area contributed by atoms with Gasteiger partial charge >= 0.3 is 5.97 Å². The van der Waals surface area contributed by atoms with E-state index in [1.54, 1.807) is 7.11 Å². The minimum absolute atomic E-state index is 0.0997. The zero-order chi connectivity index (χ0) is 15.3. The van der Waals surface area contributed by atoms with Gasteiger partial charge < -0.3 is 14.8 Å². The number of ether oxygens (including phenoxy) is 2. The fourth-order valence-corrected chi connectivity index (χ4v) is 4.08. The third-order valence-electron chi connectivity index (χ3n) is 5.05. The van der Waals surface area contributed by atoms with Crippen LogP contribution >= 0.6 is 0 Å². The maximum Gasteiger partial charge on any atom is 0.326 e. The lowest BCUT2D eigenvalue weighted by Gasteiger charge is -2.37. The molecule has 122 valence electrons. The van der Waals surface area contributed by atoms with Crippen molar-refractivity contribution in [2.24, 2.45) is 5.92 Å². The van der Waals surface area contributed by atoms with Crippen molar-refractivity contribution in [2.45, 2.75) is 50.6 Å². The molecule has 0 aromatic carbocycles. The van der Waals surface area contributed by atoms with Crippen molar-refractivity contribution in [2.75, 3.05) is 40.5 Å². The van der Waals surface area contributed by atoms with Gasteiger partial charge in [0.25, 0.3) is 0 Å². The Balaban J connectivity index is 1.98. The van der Waals surface area contributed by atoms with Crippen LogP contribution < -0.4 is 5.32 Å². The second-order valence-corrected chi connectivity index (χ2v) is 6.46. The van der Waals surface area contributed by atoms with E-state index in [2.05, 4.69) is 10.2 Å². The molecule has 0 amide bonds. The van der Waals surface area contributed by atoms with Crippen LogP contribution in [-0.2, 0) is 14.3 Å². The maximum atomic E-state index is 12.2. The Kier molecular flexibility index (Phi) is 6.02. The van der Waals surface area contributed by atoms with Gasteiger partial charge in [-0.05, 0) is 51.1 Å². The molecule has 3 atom stereocenters. The fourth-order valence-electron chi connectivity index (χ4n) is 4.08. The first-order valence-electron chi connectivity index (χ1n) is 8.21. The number of carbonyl (C=O) groups excluding carboxylic acids is 1. The van der Waals surface area contributed by atoms with E-state index in [9.17, 15) is 4.79 Å². The van der Waals surface area contributed by atoms with Crippen LogP contribution in [0.1, 0.15) is 39.0 Å². The number of carbonyl (C=O) groups is 1. The summed E-state index contributed by atoms with van der Waals surface area (Å²) in [5, 5.41) is 3.39. The first-order valence-corrected chi connectivity index (χ1v) is 8.21. The summed E-state index contributed by atoms with van der Waals surface area (Å²) in [5.74, 6) is 0.535. The van der Waals surface area contributed by atoms with Gasteiger partial charge in [0.15, 0.2) is 0 Å². The van der Waals surface area contributed by atoms with E-state index < -0.39 is 5.54 Å². The molecule has 1 aliphatic carbocycles. The van der Waals surface area contributed by atoms with Gasteiger partial charge in [0.1, 0.15) is 5.54 Å². The molecule has 1 aliphatic heterocycles. The molecule has 0 aromatic rings. The standard InChI is InChI=1S/C16H30N2O3/c1-4-17-16(15(19)21-3)8-7-14(10-16)18-9-5-6-13(11-18)12-20-2/h13-14,17H,4-12H2,1-3H3. The quantitative estimate of drug-likeness (QED) is 0.752. The number of hydrogen-bond donors (Lipinski definition) is 1. The number of hydrogen-bond acceptors (Lipinski definition) is 5. The van der Waals surface area contributed by atoms with Gasteiger partial charge in [-0.2, -0.15) is 0 Å². The number of esters is 1. The molecule has 1 N–H and O–H groups in total. The minimum Gasteiger partial charge on any atom is -0.468 e. The second-order valence-electron chi connectivity index (χ2n) is 6.46. The van der Waals surface area contributed by atoms with Crippen LogP contribution in [0.5, 0.6) is 0 Å². The zero-order valence-corrected chi connectivity index (χ0v) is 13.7. The van der Waals surface area contributed by atoms with E-state index >= 15 is 0 Å². The molecule has 2 fully saturated rings. The molecule has 1 saturated carbocycles. The highest BCUT2D eigenvalue weighted by Gasteiger charge is 2.47. The van der Waals surface area contributed by atoms with Crippen LogP contribution in [0.2, 0.25) is 0 Å². The monoisotopic (exact) mass is 298 g/mol. The molecule has 0 aromatic heterocycles. The number of nitrogens with zero attached hydrogens (tertiary/aromatic N) is 1. The summed E-state index contributed by atoms with van der Waals surface area (Å²) in [4.78, 5) is 14.8. The molecular formula is C16H30N2O3. The molecule has 2 rings (SSSR count). The third-order valence-corrected chi connectivity index (χ3v) is 5.05. The van der Waals surface area contributed by atoms with Gasteiger partial charge in [0.2, 0.25) is 0 Å². The SMILES string of the molecule is CCNC1(C(=O)OC)CCC(N2CCCC(COC)C2)C1. The number of nitrogens with one attached hydrogen (secondary N) is 1. The average Bonchev–Trinajstić information content (AvgIpc) is 2.93. The zero-order valence-electron chi connectivity index (χ0n) is 13.7. The molecule has 21 heavy (non-hydrogen) atoms. The molecule has 3 unspecified atom stereocenters. The van der Waals surface area contributed by atoms with Crippen LogP contribution in [0.3, 0.4) is 0 Å². The average molecular weight is 298 g/mol. The van der Waals surface area contributed by atoms with Crippen molar-refractivity contribution in [3.05, 3.63) is 0 Å². The molecule has 5 nitrogen and oxygen atoms in total. The number of piperidine rings is 1. The van der Waals surface area contributed by atoms with Crippen molar-refractivity contribution in [1.82, 2.24) is 10.2 Å². The van der Waals surface area contributed by atoms with Crippen molar-refractivity contribution < 1.29 is 14.3 Å². The van der Waals surface area contributed by atoms with E-state index in [1.807, 2.05) is 6.92 Å². The molecule has 0 radical (unpaired) electrons. The smallest absolute Gasteiger partial charge is 0.326 e. The van der Waals surface area contributed by atoms with Crippen molar-refractivity contribution >= 4 is 5.97 Å². The van der Waals surface area contributed by atoms with Crippen LogP contribution in [0.25, 0.3) is 0 Å². The van der Waals surface area contributed by atoms with Crippen molar-refractivity contribution in [3.8, 4) is 0 Å². The topological polar surface area (TPSA) is 50.8 Å². The number of likely N-dealkylation sites (N-methyl/N-ethyl adjacent to an activating group) is 1. The lowest BCUT2D eigenvalue weighted by molar-refractivity contribution is -0.148. The normalized spacial score (nSPS) is 34.0. The Bertz CT molecular complexity index is 348. The summed E-state index contributed by atoms with van der Waals surface area (Å²) < 4.78 is 10.4. The lowest BCUT2D eigenvalue weighted by Crippen LogP contribution is -2.52. The van der Waals surface area contributed by atoms with Gasteiger partial charge in [0.05, 0.1) is 13.7 Å². The van der Waals surface area contributed by atoms with Gasteiger partial charge in [-0.3, -0.25) is 9.69 Å². The Morgan fingerprint density at radius 1 is 1.38 bits per heavy atom. The summed E-state index contributed by atoms with van der Waals surface area (Å²) in [6.45, 7) is 5.94. The Morgan fingerprint density at radius 3 is 2.86 bits per heavy atom. The fraction of sp³-hybridized carbons (Fsp3) is 0.938. The molecule has 0 spiro atoms. The van der Waals surface area contributed by atoms with Crippen LogP contribution in [0.4, 0.5) is 0 Å². The first-order chi connectivity index (χ1) is 10.1. The second kappa shape index (κ2) is 7.56. The van der Waals surface area contributed by atoms with Gasteiger partial charge in [-0.15, -0.1) is 0 Å². The van der Waals surface area contributed by atoms with E-state index in [-0.39, 0.29) is 5.97 Å². The predicted molar refractivity (Wildman–Crippen MR) is 82.2 cm³/mol. The molecule has 0 bridgehead atoms. The van der Waals surface area contributed by atoms with Crippen LogP contribution in [0, 0.1) is 5.92 Å². The third kappa shape index (κ3) is 3.76.